The van der Waals surface area contributed by atoms with E-state index in [1.54, 1.807) is 31.2 Å². The number of ether oxygens (including phenoxy) is 3. The number of ketones is 2. The van der Waals surface area contributed by atoms with Gasteiger partial charge in [-0.25, -0.2) is 4.79 Å². The van der Waals surface area contributed by atoms with Crippen molar-refractivity contribution in [3.05, 3.63) is 58.7 Å². The van der Waals surface area contributed by atoms with Crippen LogP contribution >= 0.6 is 0 Å². The van der Waals surface area contributed by atoms with Gasteiger partial charge in [0.05, 0.1) is 7.11 Å². The van der Waals surface area contributed by atoms with Crippen molar-refractivity contribution in [2.45, 2.75) is 39.2 Å². The summed E-state index contributed by atoms with van der Waals surface area (Å²) in [4.78, 5) is 36.2. The van der Waals surface area contributed by atoms with Crippen LogP contribution in [-0.2, 0) is 22.4 Å². The number of Topliss-reactive ketones (excluding diaryl/α,β-unsaturated/α-hetero) is 2. The number of rotatable bonds is 8. The lowest BCUT2D eigenvalue weighted by Crippen LogP contribution is -2.27. The van der Waals surface area contributed by atoms with E-state index < -0.39 is 12.1 Å². The van der Waals surface area contributed by atoms with E-state index in [1.807, 2.05) is 12.1 Å². The van der Waals surface area contributed by atoms with Gasteiger partial charge in [0.1, 0.15) is 0 Å². The third kappa shape index (κ3) is 4.83. The number of methoxy groups -OCH3 is 1. The van der Waals surface area contributed by atoms with Crippen LogP contribution in [0.1, 0.15) is 52.1 Å². The number of aryl methyl sites for hydroxylation is 2. The first-order valence-electron chi connectivity index (χ1n) is 9.56. The Morgan fingerprint density at radius 2 is 1.69 bits per heavy atom. The number of carbonyl (C=O) groups excluding carboxylic acids is 3. The van der Waals surface area contributed by atoms with Gasteiger partial charge in [0, 0.05) is 11.1 Å². The first-order valence-corrected chi connectivity index (χ1v) is 9.56. The Hall–Kier alpha value is -3.15. The molecule has 6 nitrogen and oxygen atoms in total. The van der Waals surface area contributed by atoms with Gasteiger partial charge in [0.2, 0.25) is 5.78 Å². The van der Waals surface area contributed by atoms with Crippen molar-refractivity contribution in [3.8, 4) is 11.5 Å². The number of esters is 1. The molecule has 152 valence electrons. The van der Waals surface area contributed by atoms with Gasteiger partial charge in [-0.15, -0.1) is 0 Å². The molecule has 0 aliphatic heterocycles. The first kappa shape index (κ1) is 20.6. The average Bonchev–Trinajstić information content (AvgIpc) is 3.19. The van der Waals surface area contributed by atoms with Gasteiger partial charge in [-0.05, 0) is 68.5 Å². The summed E-state index contributed by atoms with van der Waals surface area (Å²) in [6.07, 6.45) is 2.21. The highest BCUT2D eigenvalue weighted by Gasteiger charge is 2.22. The molecule has 0 unspecified atom stereocenters. The van der Waals surface area contributed by atoms with E-state index in [1.165, 1.54) is 25.2 Å². The van der Waals surface area contributed by atoms with Gasteiger partial charge in [0.25, 0.3) is 0 Å². The molecule has 2 aromatic carbocycles. The lowest BCUT2D eigenvalue weighted by atomic mass is 10.0. The maximum absolute atomic E-state index is 12.6. The van der Waals surface area contributed by atoms with Gasteiger partial charge in [-0.2, -0.15) is 0 Å². The van der Waals surface area contributed by atoms with Gasteiger partial charge in [-0.3, -0.25) is 9.59 Å². The smallest absolute Gasteiger partial charge is 0.344 e. The monoisotopic (exact) mass is 396 g/mol. The van der Waals surface area contributed by atoms with Gasteiger partial charge in [-0.1, -0.05) is 12.1 Å². The summed E-state index contributed by atoms with van der Waals surface area (Å²) in [6.45, 7) is 2.62. The van der Waals surface area contributed by atoms with E-state index >= 15 is 0 Å². The van der Waals surface area contributed by atoms with Crippen LogP contribution in [0.25, 0.3) is 0 Å². The number of benzene rings is 2. The van der Waals surface area contributed by atoms with Gasteiger partial charge < -0.3 is 14.2 Å². The molecule has 2 aromatic rings. The molecule has 0 fully saturated rings. The molecule has 0 bridgehead atoms. The van der Waals surface area contributed by atoms with Crippen LogP contribution < -0.4 is 9.47 Å². The summed E-state index contributed by atoms with van der Waals surface area (Å²) < 4.78 is 15.9. The van der Waals surface area contributed by atoms with Crippen molar-refractivity contribution in [2.75, 3.05) is 13.7 Å². The fraction of sp³-hybridized carbons (Fsp3) is 0.348. The third-order valence-electron chi connectivity index (χ3n) is 4.98. The molecule has 0 saturated heterocycles. The molecule has 6 heteroatoms. The van der Waals surface area contributed by atoms with E-state index in [-0.39, 0.29) is 18.2 Å². The predicted molar refractivity (Wildman–Crippen MR) is 107 cm³/mol. The summed E-state index contributed by atoms with van der Waals surface area (Å²) in [7, 11) is 1.45. The standard InChI is InChI=1S/C23H24O6/c1-14(24)17-9-10-20(21(12-17)27-3)28-13-22(25)29-15(2)23(26)19-8-7-16-5-4-6-18(16)11-19/h7-12,15H,4-6,13H2,1-3H3/t15-/m1/s1. The van der Waals surface area contributed by atoms with Crippen LogP contribution in [0, 0.1) is 0 Å². The first-order chi connectivity index (χ1) is 13.9. The van der Waals surface area contributed by atoms with Gasteiger partial charge in [0.15, 0.2) is 30.0 Å². The predicted octanol–water partition coefficient (Wildman–Crippen LogP) is 3.58. The Labute approximate surface area is 169 Å². The van der Waals surface area contributed by atoms with Crippen molar-refractivity contribution in [1.29, 1.82) is 0 Å². The SMILES string of the molecule is COc1cc(C(C)=O)ccc1OCC(=O)O[C@H](C)C(=O)c1ccc2c(c1)CCC2. The van der Waals surface area contributed by atoms with Crippen LogP contribution in [-0.4, -0.2) is 37.4 Å². The van der Waals surface area contributed by atoms with Crippen LogP contribution in [0.15, 0.2) is 36.4 Å². The van der Waals surface area contributed by atoms with E-state index in [0.29, 0.717) is 22.6 Å². The second kappa shape index (κ2) is 8.90. The lowest BCUT2D eigenvalue weighted by Gasteiger charge is -2.15. The fourth-order valence-electron chi connectivity index (χ4n) is 3.39. The number of carbonyl (C=O) groups is 3. The van der Waals surface area contributed by atoms with Crippen molar-refractivity contribution >= 4 is 17.5 Å². The highest BCUT2D eigenvalue weighted by atomic mass is 16.6. The Bertz CT molecular complexity index is 946. The van der Waals surface area contributed by atoms with E-state index in [4.69, 9.17) is 14.2 Å². The summed E-state index contributed by atoms with van der Waals surface area (Å²) in [5.41, 5.74) is 3.50. The Balaban J connectivity index is 1.58. The molecule has 0 radical (unpaired) electrons. The molecule has 0 aromatic heterocycles. The summed E-state index contributed by atoms with van der Waals surface area (Å²) in [5.74, 6) is -0.353. The number of hydrogen-bond acceptors (Lipinski definition) is 6. The van der Waals surface area contributed by atoms with Crippen molar-refractivity contribution in [1.82, 2.24) is 0 Å². The molecule has 1 aliphatic rings. The van der Waals surface area contributed by atoms with Crippen molar-refractivity contribution < 1.29 is 28.6 Å². The molecule has 3 rings (SSSR count). The molecule has 0 saturated carbocycles. The molecule has 0 N–H and O–H groups in total. The Morgan fingerprint density at radius 3 is 2.41 bits per heavy atom. The molecule has 0 spiro atoms. The Kier molecular flexibility index (Phi) is 6.32. The zero-order valence-corrected chi connectivity index (χ0v) is 16.8. The highest BCUT2D eigenvalue weighted by molar-refractivity contribution is 6.00. The topological polar surface area (TPSA) is 78.9 Å². The van der Waals surface area contributed by atoms with Crippen LogP contribution in [0.2, 0.25) is 0 Å². The molecular weight excluding hydrogens is 372 g/mol. The Morgan fingerprint density at radius 1 is 0.966 bits per heavy atom. The van der Waals surface area contributed by atoms with E-state index in [2.05, 4.69) is 0 Å². The minimum atomic E-state index is -0.910. The quantitative estimate of drug-likeness (QED) is 0.501. The molecule has 0 heterocycles. The average molecular weight is 396 g/mol. The molecule has 0 amide bonds. The third-order valence-corrected chi connectivity index (χ3v) is 4.98. The molecule has 29 heavy (non-hydrogen) atoms. The number of fused-ring (bicyclic) bond motifs is 1. The van der Waals surface area contributed by atoms with Crippen LogP contribution in [0.4, 0.5) is 0 Å². The highest BCUT2D eigenvalue weighted by Crippen LogP contribution is 2.28. The van der Waals surface area contributed by atoms with Crippen LogP contribution in [0.3, 0.4) is 0 Å². The second-order valence-corrected chi connectivity index (χ2v) is 7.04. The normalized spacial score (nSPS) is 13.3. The minimum Gasteiger partial charge on any atom is -0.493 e. The fourth-order valence-corrected chi connectivity index (χ4v) is 3.39. The zero-order valence-electron chi connectivity index (χ0n) is 16.8. The largest absolute Gasteiger partial charge is 0.493 e. The van der Waals surface area contributed by atoms with E-state index in [0.717, 1.165) is 19.3 Å². The maximum Gasteiger partial charge on any atom is 0.344 e. The maximum atomic E-state index is 12.6. The van der Waals surface area contributed by atoms with Crippen LogP contribution in [0.5, 0.6) is 11.5 Å². The summed E-state index contributed by atoms with van der Waals surface area (Å²) in [6, 6.07) is 10.3. The summed E-state index contributed by atoms with van der Waals surface area (Å²) >= 11 is 0. The van der Waals surface area contributed by atoms with E-state index in [9.17, 15) is 14.4 Å². The minimum absolute atomic E-state index is 0.104. The summed E-state index contributed by atoms with van der Waals surface area (Å²) in [5, 5.41) is 0. The zero-order chi connectivity index (χ0) is 21.0. The molecule has 1 aliphatic carbocycles. The molecule has 1 atom stereocenters. The lowest BCUT2D eigenvalue weighted by molar-refractivity contribution is -0.148. The van der Waals surface area contributed by atoms with Crippen molar-refractivity contribution in [3.63, 3.8) is 0 Å². The molecular formula is C23H24O6. The van der Waals surface area contributed by atoms with Gasteiger partial charge >= 0.3 is 5.97 Å². The number of hydrogen-bond donors (Lipinski definition) is 0. The van der Waals surface area contributed by atoms with Crippen molar-refractivity contribution in [2.24, 2.45) is 0 Å². The second-order valence-electron chi connectivity index (χ2n) is 7.04.